The molecule has 2 aliphatic rings. The molecule has 6 aromatic rings. The topological polar surface area (TPSA) is 119 Å². The van der Waals surface area contributed by atoms with Gasteiger partial charge in [-0.25, -0.2) is 28.1 Å². The molecule has 0 unspecified atom stereocenters. The van der Waals surface area contributed by atoms with Crippen LogP contribution in [0.3, 0.4) is 0 Å². The van der Waals surface area contributed by atoms with Crippen molar-refractivity contribution in [1.82, 2.24) is 39.0 Å². The third-order valence-electron chi connectivity index (χ3n) is 9.94. The van der Waals surface area contributed by atoms with E-state index in [2.05, 4.69) is 49.8 Å². The number of hydrogen-bond donors (Lipinski definition) is 2. The first-order chi connectivity index (χ1) is 24.8. The van der Waals surface area contributed by atoms with E-state index in [0.717, 1.165) is 56.1 Å². The lowest BCUT2D eigenvalue weighted by Gasteiger charge is -2.30. The molecular weight excluding hydrogens is 690 g/mol. The number of aromatic nitrogens is 5. The summed E-state index contributed by atoms with van der Waals surface area (Å²) in [6.45, 7) is 4.88. The Morgan fingerprint density at radius 3 is 2.42 bits per heavy atom. The number of amides is 1. The second-order valence-electron chi connectivity index (χ2n) is 13.3. The van der Waals surface area contributed by atoms with Gasteiger partial charge in [0.2, 0.25) is 0 Å². The number of nitrogens with one attached hydrogen (secondary N) is 2. The molecule has 2 N–H and O–H groups in total. The lowest BCUT2D eigenvalue weighted by molar-refractivity contribution is 0.0917. The summed E-state index contributed by atoms with van der Waals surface area (Å²) >= 11 is 0. The number of carbonyl (C=O) groups excluding carboxylic acids is 1. The van der Waals surface area contributed by atoms with Crippen LogP contribution >= 0.6 is 12.4 Å². The molecule has 268 valence electrons. The fourth-order valence-corrected chi connectivity index (χ4v) is 7.30. The second-order valence-corrected chi connectivity index (χ2v) is 13.3. The smallest absolute Gasteiger partial charge is 0.337 e. The first-order valence-corrected chi connectivity index (χ1v) is 17.2. The van der Waals surface area contributed by atoms with Gasteiger partial charge in [0.1, 0.15) is 23.0 Å². The predicted octanol–water partition coefficient (Wildman–Crippen LogP) is 4.88. The largest absolute Gasteiger partial charge is 0.348 e. The first kappa shape index (κ1) is 35.2. The Bertz CT molecular complexity index is 2380. The number of imidazole rings is 1. The zero-order valence-electron chi connectivity index (χ0n) is 28.2. The molecule has 2 aromatic carbocycles. The van der Waals surface area contributed by atoms with Crippen LogP contribution in [0.4, 0.5) is 8.78 Å². The summed E-state index contributed by atoms with van der Waals surface area (Å²) < 4.78 is 32.2. The van der Waals surface area contributed by atoms with Crippen molar-refractivity contribution in [3.8, 4) is 16.8 Å². The Hall–Kier alpha value is -5.24. The zero-order valence-corrected chi connectivity index (χ0v) is 29.0. The molecule has 1 saturated heterocycles. The van der Waals surface area contributed by atoms with E-state index in [9.17, 15) is 23.2 Å². The minimum absolute atomic E-state index is 0. The Morgan fingerprint density at radius 1 is 0.885 bits per heavy atom. The summed E-state index contributed by atoms with van der Waals surface area (Å²) in [7, 11) is 0. The van der Waals surface area contributed by atoms with Crippen LogP contribution in [0.5, 0.6) is 0 Å². The van der Waals surface area contributed by atoms with Crippen LogP contribution in [-0.4, -0.2) is 66.5 Å². The summed E-state index contributed by atoms with van der Waals surface area (Å²) in [4.78, 5) is 52.1. The maximum atomic E-state index is 14.5. The molecule has 11 nitrogen and oxygen atoms in total. The summed E-state index contributed by atoms with van der Waals surface area (Å²) in [5.74, 6) is -1.50. The number of rotatable bonds is 7. The van der Waals surface area contributed by atoms with Crippen molar-refractivity contribution in [1.29, 1.82) is 0 Å². The van der Waals surface area contributed by atoms with Gasteiger partial charge in [-0.05, 0) is 72.7 Å². The highest BCUT2D eigenvalue weighted by Crippen LogP contribution is 2.29. The fraction of sp³-hybridized carbons (Fsp3) is 0.289. The number of hydrogen-bond acceptors (Lipinski definition) is 7. The van der Waals surface area contributed by atoms with Crippen LogP contribution in [0.1, 0.15) is 47.8 Å². The van der Waals surface area contributed by atoms with Gasteiger partial charge in [-0.1, -0.05) is 36.4 Å². The molecule has 2 fully saturated rings. The Balaban J connectivity index is 0.00000420. The van der Waals surface area contributed by atoms with Gasteiger partial charge in [0, 0.05) is 57.2 Å². The summed E-state index contributed by atoms with van der Waals surface area (Å²) in [6, 6.07) is 19.1. The van der Waals surface area contributed by atoms with Gasteiger partial charge in [-0.2, -0.15) is 0 Å². The highest BCUT2D eigenvalue weighted by atomic mass is 35.5. The molecular formula is C38H37ClF2N8O3. The van der Waals surface area contributed by atoms with Crippen LogP contribution in [0.25, 0.3) is 33.5 Å². The molecule has 8 rings (SSSR count). The van der Waals surface area contributed by atoms with Crippen LogP contribution in [-0.2, 0) is 6.54 Å². The number of fused-ring (bicyclic) bond motifs is 2. The van der Waals surface area contributed by atoms with Gasteiger partial charge in [0.05, 0.1) is 17.3 Å². The SMILES string of the molecule is Cl.O=C(NC1CCC(n2c(=O)c3cc(F)cnc3n(-c3cccc(-c4ccc(CN5CCNCC5)cc4)c3)c2=O)CC1)c1cn2cc(F)ccc2n1. The molecule has 1 saturated carbocycles. The van der Waals surface area contributed by atoms with Crippen molar-refractivity contribution in [3.05, 3.63) is 129 Å². The third kappa shape index (κ3) is 6.99. The van der Waals surface area contributed by atoms with Crippen LogP contribution in [0.2, 0.25) is 0 Å². The number of halogens is 3. The van der Waals surface area contributed by atoms with E-state index >= 15 is 0 Å². The van der Waals surface area contributed by atoms with E-state index in [1.54, 1.807) is 6.07 Å². The normalized spacial score (nSPS) is 18.0. The Kier molecular flexibility index (Phi) is 10.00. The van der Waals surface area contributed by atoms with E-state index in [4.69, 9.17) is 0 Å². The molecule has 14 heteroatoms. The van der Waals surface area contributed by atoms with Crippen LogP contribution in [0.15, 0.2) is 94.9 Å². The van der Waals surface area contributed by atoms with Crippen molar-refractivity contribution < 1.29 is 13.6 Å². The molecule has 1 amide bonds. The maximum absolute atomic E-state index is 14.5. The van der Waals surface area contributed by atoms with Gasteiger partial charge < -0.3 is 15.0 Å². The molecule has 1 aliphatic carbocycles. The lowest BCUT2D eigenvalue weighted by atomic mass is 9.90. The van der Waals surface area contributed by atoms with Gasteiger partial charge in [-0.15, -0.1) is 12.4 Å². The van der Waals surface area contributed by atoms with E-state index in [1.807, 2.05) is 18.2 Å². The van der Waals surface area contributed by atoms with E-state index < -0.39 is 28.9 Å². The Labute approximate surface area is 303 Å². The first-order valence-electron chi connectivity index (χ1n) is 17.2. The van der Waals surface area contributed by atoms with Crippen LogP contribution in [0, 0.1) is 11.6 Å². The molecule has 0 spiro atoms. The highest BCUT2D eigenvalue weighted by Gasteiger charge is 2.29. The average molecular weight is 727 g/mol. The minimum atomic E-state index is -0.674. The number of piperazine rings is 1. The molecule has 0 bridgehead atoms. The number of nitrogens with zero attached hydrogens (tertiary/aromatic N) is 6. The molecule has 0 atom stereocenters. The van der Waals surface area contributed by atoms with Crippen molar-refractivity contribution in [2.24, 2.45) is 0 Å². The van der Waals surface area contributed by atoms with Gasteiger partial charge in [0.15, 0.2) is 5.65 Å². The lowest BCUT2D eigenvalue weighted by Crippen LogP contribution is -2.45. The van der Waals surface area contributed by atoms with Crippen LogP contribution < -0.4 is 21.9 Å². The number of pyridine rings is 2. The van der Waals surface area contributed by atoms with E-state index in [0.29, 0.717) is 37.0 Å². The fourth-order valence-electron chi connectivity index (χ4n) is 7.30. The molecule has 0 radical (unpaired) electrons. The molecule has 1 aliphatic heterocycles. The quantitative estimate of drug-likeness (QED) is 0.241. The maximum Gasteiger partial charge on any atom is 0.337 e. The second kappa shape index (κ2) is 14.8. The summed E-state index contributed by atoms with van der Waals surface area (Å²) in [6.07, 6.45) is 5.62. The average Bonchev–Trinajstić information content (AvgIpc) is 3.57. The van der Waals surface area contributed by atoms with Gasteiger partial charge >= 0.3 is 5.69 Å². The van der Waals surface area contributed by atoms with Crippen molar-refractivity contribution in [2.45, 2.75) is 44.3 Å². The Morgan fingerprint density at radius 2 is 1.65 bits per heavy atom. The number of benzene rings is 2. The van der Waals surface area contributed by atoms with E-state index in [1.165, 1.54) is 43.6 Å². The van der Waals surface area contributed by atoms with E-state index in [-0.39, 0.29) is 41.1 Å². The predicted molar refractivity (Wildman–Crippen MR) is 196 cm³/mol. The summed E-state index contributed by atoms with van der Waals surface area (Å²) in [5, 5.41) is 6.38. The third-order valence-corrected chi connectivity index (χ3v) is 9.94. The summed E-state index contributed by atoms with van der Waals surface area (Å²) in [5.41, 5.74) is 3.13. The molecule has 52 heavy (non-hydrogen) atoms. The van der Waals surface area contributed by atoms with Gasteiger partial charge in [-0.3, -0.25) is 19.1 Å². The number of carbonyl (C=O) groups is 1. The van der Waals surface area contributed by atoms with Crippen molar-refractivity contribution >= 4 is 35.0 Å². The van der Waals surface area contributed by atoms with Crippen molar-refractivity contribution in [2.75, 3.05) is 26.2 Å². The van der Waals surface area contributed by atoms with Crippen molar-refractivity contribution in [3.63, 3.8) is 0 Å². The minimum Gasteiger partial charge on any atom is -0.348 e. The zero-order chi connectivity index (χ0) is 35.1. The standard InChI is InChI=1S/C38H36F2N8O3.ClH/c39-27-8-13-34-44-33(23-46(34)22-27)36(49)43-29-9-11-30(12-10-29)48-37(50)32-19-28(40)20-42-35(32)47(38(48)51)31-3-1-2-26(18-31)25-6-4-24(5-7-25)21-45-16-14-41-15-17-45;/h1-8,13,18-20,22-23,29-30,41H,9-12,14-17,21H2,(H,43,49);1H. The monoisotopic (exact) mass is 726 g/mol. The van der Waals surface area contributed by atoms with Gasteiger partial charge in [0.25, 0.3) is 11.5 Å². The molecule has 5 heterocycles. The molecule has 4 aromatic heterocycles. The highest BCUT2D eigenvalue weighted by molar-refractivity contribution is 5.93.